The van der Waals surface area contributed by atoms with Crippen LogP contribution in [-0.4, -0.2) is 26.9 Å². The van der Waals surface area contributed by atoms with Gasteiger partial charge in [0.2, 0.25) is 0 Å². The van der Waals surface area contributed by atoms with Gasteiger partial charge in [-0.1, -0.05) is 39.0 Å². The standard InChI is InChI=1S/C17H29NO2/c1-5-16(18-4)15-8-6-7-9-17(15)20-13-12-19-11-10-14(2)3/h6-9,14,16,18H,5,10-13H2,1-4H3. The normalized spacial score (nSPS) is 12.7. The van der Waals surface area contributed by atoms with Gasteiger partial charge in [0, 0.05) is 18.2 Å². The van der Waals surface area contributed by atoms with E-state index in [4.69, 9.17) is 9.47 Å². The SMILES string of the molecule is CCC(NC)c1ccccc1OCCOCCC(C)C. The lowest BCUT2D eigenvalue weighted by molar-refractivity contribution is 0.0921. The molecule has 0 aliphatic rings. The van der Waals surface area contributed by atoms with Gasteiger partial charge >= 0.3 is 0 Å². The Bertz CT molecular complexity index is 362. The van der Waals surface area contributed by atoms with Gasteiger partial charge in [0.25, 0.3) is 0 Å². The third kappa shape index (κ3) is 5.93. The summed E-state index contributed by atoms with van der Waals surface area (Å²) in [7, 11) is 1.99. The van der Waals surface area contributed by atoms with Crippen LogP contribution in [0.1, 0.15) is 45.2 Å². The highest BCUT2D eigenvalue weighted by Crippen LogP contribution is 2.26. The summed E-state index contributed by atoms with van der Waals surface area (Å²) in [6.45, 7) is 8.66. The molecule has 3 heteroatoms. The quantitative estimate of drug-likeness (QED) is 0.661. The van der Waals surface area contributed by atoms with E-state index in [1.807, 2.05) is 19.2 Å². The summed E-state index contributed by atoms with van der Waals surface area (Å²) < 4.78 is 11.4. The third-order valence-electron chi connectivity index (χ3n) is 3.38. The predicted octanol–water partition coefficient (Wildman–Crippen LogP) is 3.80. The summed E-state index contributed by atoms with van der Waals surface area (Å²) in [5, 5.41) is 3.32. The first-order valence-corrected chi connectivity index (χ1v) is 7.65. The Morgan fingerprint density at radius 1 is 1.10 bits per heavy atom. The van der Waals surface area contributed by atoms with Gasteiger partial charge in [-0.2, -0.15) is 0 Å². The van der Waals surface area contributed by atoms with Crippen LogP contribution in [0, 0.1) is 5.92 Å². The van der Waals surface area contributed by atoms with Crippen LogP contribution in [0.25, 0.3) is 0 Å². The van der Waals surface area contributed by atoms with Crippen molar-refractivity contribution in [2.45, 2.75) is 39.7 Å². The fourth-order valence-corrected chi connectivity index (χ4v) is 2.11. The molecular formula is C17H29NO2. The lowest BCUT2D eigenvalue weighted by Crippen LogP contribution is -2.17. The largest absolute Gasteiger partial charge is 0.491 e. The monoisotopic (exact) mass is 279 g/mol. The van der Waals surface area contributed by atoms with Gasteiger partial charge in [-0.15, -0.1) is 0 Å². The van der Waals surface area contributed by atoms with Crippen molar-refractivity contribution >= 4 is 0 Å². The smallest absolute Gasteiger partial charge is 0.124 e. The number of hydrogen-bond donors (Lipinski definition) is 1. The van der Waals surface area contributed by atoms with E-state index in [0.717, 1.165) is 25.2 Å². The maximum atomic E-state index is 5.86. The van der Waals surface area contributed by atoms with Crippen molar-refractivity contribution in [3.8, 4) is 5.75 Å². The summed E-state index contributed by atoms with van der Waals surface area (Å²) in [5.41, 5.74) is 1.22. The van der Waals surface area contributed by atoms with Gasteiger partial charge in [-0.25, -0.2) is 0 Å². The molecule has 0 spiro atoms. The van der Waals surface area contributed by atoms with E-state index >= 15 is 0 Å². The van der Waals surface area contributed by atoms with E-state index in [0.29, 0.717) is 25.2 Å². The number of benzene rings is 1. The first kappa shape index (κ1) is 17.0. The van der Waals surface area contributed by atoms with E-state index in [1.165, 1.54) is 5.56 Å². The highest BCUT2D eigenvalue weighted by molar-refractivity contribution is 5.35. The fraction of sp³-hybridized carbons (Fsp3) is 0.647. The van der Waals surface area contributed by atoms with E-state index in [-0.39, 0.29) is 0 Å². The molecule has 0 radical (unpaired) electrons. The lowest BCUT2D eigenvalue weighted by Gasteiger charge is -2.18. The number of hydrogen-bond acceptors (Lipinski definition) is 3. The average Bonchev–Trinajstić information content (AvgIpc) is 2.45. The molecular weight excluding hydrogens is 250 g/mol. The van der Waals surface area contributed by atoms with Crippen molar-refractivity contribution in [2.24, 2.45) is 5.92 Å². The zero-order chi connectivity index (χ0) is 14.8. The minimum atomic E-state index is 0.341. The van der Waals surface area contributed by atoms with Gasteiger partial charge in [-0.3, -0.25) is 0 Å². The Hall–Kier alpha value is -1.06. The van der Waals surface area contributed by atoms with E-state index in [9.17, 15) is 0 Å². The number of para-hydroxylation sites is 1. The lowest BCUT2D eigenvalue weighted by atomic mass is 10.0. The van der Waals surface area contributed by atoms with Gasteiger partial charge < -0.3 is 14.8 Å². The summed E-state index contributed by atoms with van der Waals surface area (Å²) in [6.07, 6.45) is 2.15. The van der Waals surface area contributed by atoms with Crippen molar-refractivity contribution in [1.82, 2.24) is 5.32 Å². The maximum absolute atomic E-state index is 5.86. The Kier molecular flexibility index (Phi) is 8.31. The second kappa shape index (κ2) is 9.78. The minimum absolute atomic E-state index is 0.341. The molecule has 1 N–H and O–H groups in total. The van der Waals surface area contributed by atoms with Gasteiger partial charge in [0.15, 0.2) is 0 Å². The molecule has 1 aromatic rings. The maximum Gasteiger partial charge on any atom is 0.124 e. The molecule has 1 unspecified atom stereocenters. The van der Waals surface area contributed by atoms with Crippen molar-refractivity contribution in [1.29, 1.82) is 0 Å². The van der Waals surface area contributed by atoms with Crippen LogP contribution in [0.5, 0.6) is 5.75 Å². The van der Waals surface area contributed by atoms with E-state index in [2.05, 4.69) is 38.2 Å². The second-order valence-corrected chi connectivity index (χ2v) is 5.43. The molecule has 0 aliphatic carbocycles. The Labute approximate surface area is 123 Å². The summed E-state index contributed by atoms with van der Waals surface area (Å²) in [4.78, 5) is 0. The molecule has 0 saturated carbocycles. The molecule has 0 fully saturated rings. The van der Waals surface area contributed by atoms with Crippen molar-refractivity contribution in [2.75, 3.05) is 26.9 Å². The Morgan fingerprint density at radius 3 is 2.50 bits per heavy atom. The summed E-state index contributed by atoms with van der Waals surface area (Å²) >= 11 is 0. The van der Waals surface area contributed by atoms with Crippen LogP contribution < -0.4 is 10.1 Å². The minimum Gasteiger partial charge on any atom is -0.491 e. The van der Waals surface area contributed by atoms with Gasteiger partial charge in [0.05, 0.1) is 6.61 Å². The Balaban J connectivity index is 2.40. The molecule has 3 nitrogen and oxygen atoms in total. The topological polar surface area (TPSA) is 30.5 Å². The summed E-state index contributed by atoms with van der Waals surface area (Å²) in [6, 6.07) is 8.57. The van der Waals surface area contributed by atoms with Crippen LogP contribution in [0.3, 0.4) is 0 Å². The highest BCUT2D eigenvalue weighted by atomic mass is 16.5. The number of nitrogens with one attached hydrogen (secondary N) is 1. The molecule has 0 saturated heterocycles. The van der Waals surface area contributed by atoms with Crippen molar-refractivity contribution < 1.29 is 9.47 Å². The summed E-state index contributed by atoms with van der Waals surface area (Å²) in [5.74, 6) is 1.65. The van der Waals surface area contributed by atoms with Gasteiger partial charge in [-0.05, 0) is 31.9 Å². The average molecular weight is 279 g/mol. The first-order valence-electron chi connectivity index (χ1n) is 7.65. The molecule has 1 atom stereocenters. The van der Waals surface area contributed by atoms with Crippen molar-refractivity contribution in [3.63, 3.8) is 0 Å². The Morgan fingerprint density at radius 2 is 1.85 bits per heavy atom. The fourth-order valence-electron chi connectivity index (χ4n) is 2.11. The molecule has 0 amide bonds. The number of rotatable bonds is 10. The second-order valence-electron chi connectivity index (χ2n) is 5.43. The van der Waals surface area contributed by atoms with E-state index in [1.54, 1.807) is 0 Å². The first-order chi connectivity index (χ1) is 9.69. The molecule has 0 bridgehead atoms. The predicted molar refractivity (Wildman–Crippen MR) is 84.3 cm³/mol. The zero-order valence-corrected chi connectivity index (χ0v) is 13.3. The van der Waals surface area contributed by atoms with Crippen LogP contribution in [0.4, 0.5) is 0 Å². The molecule has 1 aromatic carbocycles. The molecule has 0 aromatic heterocycles. The van der Waals surface area contributed by atoms with Crippen molar-refractivity contribution in [3.05, 3.63) is 29.8 Å². The molecule has 0 heterocycles. The van der Waals surface area contributed by atoms with Crippen LogP contribution in [-0.2, 0) is 4.74 Å². The molecule has 0 aliphatic heterocycles. The molecule has 20 heavy (non-hydrogen) atoms. The zero-order valence-electron chi connectivity index (χ0n) is 13.3. The van der Waals surface area contributed by atoms with Crippen LogP contribution in [0.15, 0.2) is 24.3 Å². The number of ether oxygens (including phenoxy) is 2. The highest BCUT2D eigenvalue weighted by Gasteiger charge is 2.11. The molecule has 114 valence electrons. The third-order valence-corrected chi connectivity index (χ3v) is 3.38. The van der Waals surface area contributed by atoms with Crippen LogP contribution >= 0.6 is 0 Å². The van der Waals surface area contributed by atoms with E-state index < -0.39 is 0 Å². The molecule has 1 rings (SSSR count). The van der Waals surface area contributed by atoms with Crippen LogP contribution in [0.2, 0.25) is 0 Å². The van der Waals surface area contributed by atoms with Gasteiger partial charge in [0.1, 0.15) is 12.4 Å².